The van der Waals surface area contributed by atoms with Crippen molar-refractivity contribution in [1.29, 1.82) is 0 Å². The molecule has 0 aliphatic rings. The first kappa shape index (κ1) is 18.9. The number of thiocarbonyl (C=S) groups is 1. The van der Waals surface area contributed by atoms with Gasteiger partial charge in [-0.05, 0) is 51.0 Å². The molecule has 2 aromatic carbocycles. The summed E-state index contributed by atoms with van der Waals surface area (Å²) in [5.41, 5.74) is 6.36. The van der Waals surface area contributed by atoms with E-state index in [0.29, 0.717) is 5.11 Å². The quantitative estimate of drug-likeness (QED) is 0.584. The molecule has 0 aliphatic carbocycles. The predicted octanol–water partition coefficient (Wildman–Crippen LogP) is 3.29. The third-order valence-corrected chi connectivity index (χ3v) is 4.14. The van der Waals surface area contributed by atoms with Crippen LogP contribution in [0, 0.1) is 0 Å². The molecule has 2 aromatic rings. The Morgan fingerprint density at radius 2 is 1.24 bits per heavy atom. The van der Waals surface area contributed by atoms with Crippen LogP contribution in [-0.4, -0.2) is 16.6 Å². The maximum Gasteiger partial charge on any atom is 0.253 e. The molecule has 1 amide bonds. The van der Waals surface area contributed by atoms with Crippen molar-refractivity contribution in [1.82, 2.24) is 16.2 Å². The van der Waals surface area contributed by atoms with Crippen molar-refractivity contribution in [3.63, 3.8) is 0 Å². The number of rotatable bonds is 3. The van der Waals surface area contributed by atoms with Gasteiger partial charge in [0, 0.05) is 5.54 Å². The number of carbonyl (C=O) groups excluding carboxylic acids is 1. The van der Waals surface area contributed by atoms with E-state index in [9.17, 15) is 4.79 Å². The zero-order valence-electron chi connectivity index (χ0n) is 15.1. The number of hydrogen-bond donors (Lipinski definition) is 3. The first-order valence-electron chi connectivity index (χ1n) is 8.23. The molecule has 4 nitrogen and oxygen atoms in total. The van der Waals surface area contributed by atoms with E-state index in [-0.39, 0.29) is 11.4 Å². The van der Waals surface area contributed by atoms with Crippen LogP contribution in [0.1, 0.15) is 38.8 Å². The molecule has 0 aromatic heterocycles. The SMILES string of the molecule is CC(C)(C)NC(=S)NNC(=O)C(C)(c1ccccc1)c1ccccc1. The molecule has 5 heteroatoms. The summed E-state index contributed by atoms with van der Waals surface area (Å²) in [6, 6.07) is 19.4. The van der Waals surface area contributed by atoms with Gasteiger partial charge in [-0.2, -0.15) is 0 Å². The lowest BCUT2D eigenvalue weighted by molar-refractivity contribution is -0.125. The van der Waals surface area contributed by atoms with Crippen LogP contribution < -0.4 is 16.2 Å². The molecule has 0 fully saturated rings. The normalized spacial score (nSPS) is 11.5. The van der Waals surface area contributed by atoms with Gasteiger partial charge < -0.3 is 5.32 Å². The third kappa shape index (κ3) is 4.79. The lowest BCUT2D eigenvalue weighted by Crippen LogP contribution is -2.55. The van der Waals surface area contributed by atoms with Crippen molar-refractivity contribution in [3.05, 3.63) is 71.8 Å². The Balaban J connectivity index is 2.25. The average Bonchev–Trinajstić information content (AvgIpc) is 2.59. The monoisotopic (exact) mass is 355 g/mol. The minimum absolute atomic E-state index is 0.178. The molecule has 0 radical (unpaired) electrons. The number of hydrogen-bond acceptors (Lipinski definition) is 2. The first-order valence-corrected chi connectivity index (χ1v) is 8.64. The molecule has 0 aliphatic heterocycles. The van der Waals surface area contributed by atoms with Gasteiger partial charge in [0.1, 0.15) is 0 Å². The van der Waals surface area contributed by atoms with E-state index >= 15 is 0 Å². The Labute approximate surface area is 155 Å². The fraction of sp³-hybridized carbons (Fsp3) is 0.300. The van der Waals surface area contributed by atoms with Crippen LogP contribution >= 0.6 is 12.2 Å². The van der Waals surface area contributed by atoms with Crippen molar-refractivity contribution in [3.8, 4) is 0 Å². The van der Waals surface area contributed by atoms with Crippen LogP contribution in [0.15, 0.2) is 60.7 Å². The second-order valence-electron chi connectivity index (χ2n) is 7.14. The van der Waals surface area contributed by atoms with E-state index in [2.05, 4.69) is 16.2 Å². The zero-order valence-corrected chi connectivity index (χ0v) is 15.9. The highest BCUT2D eigenvalue weighted by Gasteiger charge is 2.37. The van der Waals surface area contributed by atoms with Crippen LogP contribution in [0.25, 0.3) is 0 Å². The van der Waals surface area contributed by atoms with Gasteiger partial charge in [0.25, 0.3) is 5.91 Å². The summed E-state index contributed by atoms with van der Waals surface area (Å²) in [4.78, 5) is 13.1. The highest BCUT2D eigenvalue weighted by Crippen LogP contribution is 2.31. The van der Waals surface area contributed by atoms with E-state index in [0.717, 1.165) is 11.1 Å². The minimum Gasteiger partial charge on any atom is -0.357 e. The molecule has 0 saturated carbocycles. The molecule has 0 heterocycles. The largest absolute Gasteiger partial charge is 0.357 e. The molecular formula is C20H25N3OS. The Hall–Kier alpha value is -2.40. The second kappa shape index (κ2) is 7.66. The van der Waals surface area contributed by atoms with E-state index in [1.165, 1.54) is 0 Å². The smallest absolute Gasteiger partial charge is 0.253 e. The summed E-state index contributed by atoms with van der Waals surface area (Å²) < 4.78 is 0. The lowest BCUT2D eigenvalue weighted by atomic mass is 9.75. The van der Waals surface area contributed by atoms with Crippen LogP contribution in [0.2, 0.25) is 0 Å². The number of carbonyl (C=O) groups is 1. The van der Waals surface area contributed by atoms with Crippen LogP contribution in [0.3, 0.4) is 0 Å². The fourth-order valence-electron chi connectivity index (χ4n) is 2.58. The maximum atomic E-state index is 13.1. The van der Waals surface area contributed by atoms with Crippen molar-refractivity contribution in [2.24, 2.45) is 0 Å². The lowest BCUT2D eigenvalue weighted by Gasteiger charge is -2.30. The standard InChI is InChI=1S/C20H25N3OS/c1-19(2,3)21-18(25)23-22-17(24)20(4,15-11-7-5-8-12-15)16-13-9-6-10-14-16/h5-14H,1-4H3,(H,22,24)(H2,21,23,25). The molecule has 3 N–H and O–H groups in total. The fourth-order valence-corrected chi connectivity index (χ4v) is 2.94. The van der Waals surface area contributed by atoms with Gasteiger partial charge in [0.05, 0.1) is 5.41 Å². The van der Waals surface area contributed by atoms with Gasteiger partial charge in [0.2, 0.25) is 0 Å². The summed E-state index contributed by atoms with van der Waals surface area (Å²) >= 11 is 5.24. The highest BCUT2D eigenvalue weighted by atomic mass is 32.1. The second-order valence-corrected chi connectivity index (χ2v) is 7.55. The van der Waals surface area contributed by atoms with E-state index < -0.39 is 5.41 Å². The Morgan fingerprint density at radius 1 is 0.800 bits per heavy atom. The van der Waals surface area contributed by atoms with Crippen LogP contribution in [0.5, 0.6) is 0 Å². The summed E-state index contributed by atoms with van der Waals surface area (Å²) in [7, 11) is 0. The molecule has 25 heavy (non-hydrogen) atoms. The Bertz CT molecular complexity index is 684. The molecule has 0 spiro atoms. The summed E-state index contributed by atoms with van der Waals surface area (Å²) in [6.45, 7) is 7.91. The summed E-state index contributed by atoms with van der Waals surface area (Å²) in [5, 5.41) is 3.49. The zero-order chi connectivity index (χ0) is 18.5. The molecule has 0 atom stereocenters. The van der Waals surface area contributed by atoms with Crippen molar-refractivity contribution in [2.45, 2.75) is 38.6 Å². The van der Waals surface area contributed by atoms with Gasteiger partial charge in [-0.25, -0.2) is 0 Å². The Kier molecular flexibility index (Phi) is 5.80. The van der Waals surface area contributed by atoms with Gasteiger partial charge in [-0.3, -0.25) is 15.6 Å². The van der Waals surface area contributed by atoms with E-state index in [4.69, 9.17) is 12.2 Å². The number of nitrogens with one attached hydrogen (secondary N) is 3. The minimum atomic E-state index is -0.840. The van der Waals surface area contributed by atoms with Gasteiger partial charge in [-0.15, -0.1) is 0 Å². The number of hydrazine groups is 1. The van der Waals surface area contributed by atoms with Crippen molar-refractivity contribution < 1.29 is 4.79 Å². The number of amides is 1. The first-order chi connectivity index (χ1) is 11.7. The molecular weight excluding hydrogens is 330 g/mol. The molecule has 0 saturated heterocycles. The summed E-state index contributed by atoms with van der Waals surface area (Å²) in [6.07, 6.45) is 0. The number of benzene rings is 2. The summed E-state index contributed by atoms with van der Waals surface area (Å²) in [5.74, 6) is -0.178. The topological polar surface area (TPSA) is 53.2 Å². The van der Waals surface area contributed by atoms with E-state index in [1.54, 1.807) is 0 Å². The van der Waals surface area contributed by atoms with Crippen LogP contribution in [-0.2, 0) is 10.2 Å². The van der Waals surface area contributed by atoms with Gasteiger partial charge >= 0.3 is 0 Å². The molecule has 132 valence electrons. The third-order valence-electron chi connectivity index (χ3n) is 3.93. The molecule has 0 unspecified atom stereocenters. The van der Waals surface area contributed by atoms with E-state index in [1.807, 2.05) is 88.4 Å². The maximum absolute atomic E-state index is 13.1. The molecule has 0 bridgehead atoms. The van der Waals surface area contributed by atoms with Gasteiger partial charge in [0.15, 0.2) is 5.11 Å². The molecule has 2 rings (SSSR count). The predicted molar refractivity (Wildman–Crippen MR) is 106 cm³/mol. The highest BCUT2D eigenvalue weighted by molar-refractivity contribution is 7.80. The average molecular weight is 356 g/mol. The van der Waals surface area contributed by atoms with Crippen molar-refractivity contribution in [2.75, 3.05) is 0 Å². The van der Waals surface area contributed by atoms with Crippen molar-refractivity contribution >= 4 is 23.2 Å². The Morgan fingerprint density at radius 3 is 1.64 bits per heavy atom. The van der Waals surface area contributed by atoms with Crippen LogP contribution in [0.4, 0.5) is 0 Å². The van der Waals surface area contributed by atoms with Gasteiger partial charge in [-0.1, -0.05) is 60.7 Å².